The highest BCUT2D eigenvalue weighted by Gasteiger charge is 2.16. The molecule has 0 unspecified atom stereocenters. The summed E-state index contributed by atoms with van der Waals surface area (Å²) in [7, 11) is 1.74. The zero-order valence-corrected chi connectivity index (χ0v) is 17.7. The lowest BCUT2D eigenvalue weighted by Gasteiger charge is -2.21. The summed E-state index contributed by atoms with van der Waals surface area (Å²) in [5, 5.41) is 3.88. The van der Waals surface area contributed by atoms with Gasteiger partial charge in [0.15, 0.2) is 11.5 Å². The zero-order valence-electron chi connectivity index (χ0n) is 17.7. The van der Waals surface area contributed by atoms with Crippen molar-refractivity contribution in [1.82, 2.24) is 9.88 Å². The fourth-order valence-electron chi connectivity index (χ4n) is 3.64. The number of nitrogens with zero attached hydrogens (tertiary/aromatic N) is 1. The van der Waals surface area contributed by atoms with Gasteiger partial charge in [-0.3, -0.25) is 9.59 Å². The minimum atomic E-state index is -0.148. The first-order valence-corrected chi connectivity index (χ1v) is 10.4. The van der Waals surface area contributed by atoms with Crippen molar-refractivity contribution in [3.05, 3.63) is 64.4 Å². The second kappa shape index (κ2) is 9.12. The molecule has 162 valence electrons. The van der Waals surface area contributed by atoms with E-state index in [0.29, 0.717) is 44.2 Å². The Bertz CT molecular complexity index is 1150. The molecule has 0 saturated carbocycles. The lowest BCUT2D eigenvalue weighted by Crippen LogP contribution is -2.27. The van der Waals surface area contributed by atoms with Crippen molar-refractivity contribution < 1.29 is 19.0 Å². The Morgan fingerprint density at radius 3 is 2.74 bits per heavy atom. The summed E-state index contributed by atoms with van der Waals surface area (Å²) >= 11 is 0. The van der Waals surface area contributed by atoms with E-state index in [1.807, 2.05) is 49.4 Å². The number of carbonyl (C=O) groups excluding carboxylic acids is 1. The predicted molar refractivity (Wildman–Crippen MR) is 118 cm³/mol. The van der Waals surface area contributed by atoms with E-state index in [9.17, 15) is 9.59 Å². The Morgan fingerprint density at radius 1 is 1.13 bits per heavy atom. The van der Waals surface area contributed by atoms with Crippen LogP contribution in [0.1, 0.15) is 31.4 Å². The van der Waals surface area contributed by atoms with Gasteiger partial charge in [-0.1, -0.05) is 18.2 Å². The molecule has 2 heterocycles. The van der Waals surface area contributed by atoms with Crippen molar-refractivity contribution in [3.8, 4) is 17.2 Å². The number of aromatic nitrogens is 1. The molecule has 0 radical (unpaired) electrons. The van der Waals surface area contributed by atoms with Crippen molar-refractivity contribution >= 4 is 16.8 Å². The molecule has 1 aliphatic rings. The fourth-order valence-corrected chi connectivity index (χ4v) is 3.64. The van der Waals surface area contributed by atoms with Crippen LogP contribution in [0.5, 0.6) is 17.2 Å². The van der Waals surface area contributed by atoms with E-state index in [1.165, 1.54) is 6.07 Å². The van der Waals surface area contributed by atoms with Gasteiger partial charge < -0.3 is 24.1 Å². The summed E-state index contributed by atoms with van der Waals surface area (Å²) in [5.74, 6) is 1.93. The number of hydrogen-bond acceptors (Lipinski definition) is 5. The summed E-state index contributed by atoms with van der Waals surface area (Å²) in [6, 6.07) is 14.7. The Kier molecular flexibility index (Phi) is 6.11. The average molecular weight is 422 g/mol. The van der Waals surface area contributed by atoms with Gasteiger partial charge in [-0.2, -0.15) is 0 Å². The van der Waals surface area contributed by atoms with Gasteiger partial charge in [0, 0.05) is 24.9 Å². The van der Waals surface area contributed by atoms with Crippen LogP contribution in [0, 0.1) is 0 Å². The van der Waals surface area contributed by atoms with Crippen molar-refractivity contribution in [1.29, 1.82) is 0 Å². The maximum absolute atomic E-state index is 12.4. The van der Waals surface area contributed by atoms with Gasteiger partial charge in [-0.25, -0.2) is 0 Å². The summed E-state index contributed by atoms with van der Waals surface area (Å²) in [5.41, 5.74) is 1.65. The number of carbonyl (C=O) groups is 1. The van der Waals surface area contributed by atoms with E-state index in [-0.39, 0.29) is 17.5 Å². The maximum Gasteiger partial charge on any atom is 0.254 e. The monoisotopic (exact) mass is 422 g/mol. The number of hydrogen-bond donors (Lipinski definition) is 1. The largest absolute Gasteiger partial charge is 0.493 e. The zero-order chi connectivity index (χ0) is 21.8. The Morgan fingerprint density at radius 2 is 1.90 bits per heavy atom. The van der Waals surface area contributed by atoms with Gasteiger partial charge in [-0.05, 0) is 43.2 Å². The maximum atomic E-state index is 12.4. The quantitative estimate of drug-likeness (QED) is 0.591. The van der Waals surface area contributed by atoms with Crippen LogP contribution in [0.3, 0.4) is 0 Å². The number of nitrogens with one attached hydrogen (secondary N) is 1. The van der Waals surface area contributed by atoms with Gasteiger partial charge >= 0.3 is 0 Å². The first-order chi connectivity index (χ1) is 15.0. The highest BCUT2D eigenvalue weighted by molar-refractivity contribution is 5.85. The van der Waals surface area contributed by atoms with Gasteiger partial charge in [-0.15, -0.1) is 0 Å². The van der Waals surface area contributed by atoms with E-state index in [4.69, 9.17) is 14.2 Å². The molecule has 1 N–H and O–H groups in total. The normalized spacial score (nSPS) is 13.6. The average Bonchev–Trinajstić information content (AvgIpc) is 2.79. The molecule has 4 rings (SSSR count). The molecule has 0 fully saturated rings. The fraction of sp³-hybridized carbons (Fsp3) is 0.333. The standard InChI is InChI=1S/C24H26N2O5/c1-16(17-9-10-20-22(14-17)31-13-12-30-20)25-23(27)8-5-11-29-21-15-24(28)26(2)19-7-4-3-6-18(19)21/h3-4,6-7,9-10,14-16H,5,8,11-13H2,1-2H3,(H,25,27)/t16-/m0/s1. The van der Waals surface area contributed by atoms with E-state index in [1.54, 1.807) is 11.6 Å². The molecular weight excluding hydrogens is 396 g/mol. The molecule has 7 heteroatoms. The predicted octanol–water partition coefficient (Wildman–Crippen LogP) is 3.35. The second-order valence-electron chi connectivity index (χ2n) is 7.57. The van der Waals surface area contributed by atoms with E-state index in [0.717, 1.165) is 22.2 Å². The molecule has 1 aromatic heterocycles. The molecule has 1 amide bonds. The van der Waals surface area contributed by atoms with Crippen LogP contribution in [0.25, 0.3) is 10.9 Å². The number of aryl methyl sites for hydroxylation is 1. The Hall–Kier alpha value is -3.48. The number of fused-ring (bicyclic) bond motifs is 2. The Labute approximate surface area is 180 Å². The third-order valence-electron chi connectivity index (χ3n) is 5.37. The van der Waals surface area contributed by atoms with E-state index >= 15 is 0 Å². The number of ether oxygens (including phenoxy) is 3. The number of benzene rings is 2. The first kappa shape index (κ1) is 20.8. The number of amides is 1. The summed E-state index contributed by atoms with van der Waals surface area (Å²) < 4.78 is 18.6. The molecule has 3 aromatic rings. The SMILES string of the molecule is C[C@H](NC(=O)CCCOc1cc(=O)n(C)c2ccccc12)c1ccc2c(c1)OCCO2. The van der Waals surface area contributed by atoms with Gasteiger partial charge in [0.05, 0.1) is 18.2 Å². The van der Waals surface area contributed by atoms with Crippen LogP contribution in [0.15, 0.2) is 53.3 Å². The van der Waals surface area contributed by atoms with Crippen LogP contribution in [-0.4, -0.2) is 30.3 Å². The second-order valence-corrected chi connectivity index (χ2v) is 7.57. The van der Waals surface area contributed by atoms with Gasteiger partial charge in [0.1, 0.15) is 19.0 Å². The lowest BCUT2D eigenvalue weighted by molar-refractivity contribution is -0.121. The lowest BCUT2D eigenvalue weighted by atomic mass is 10.1. The highest BCUT2D eigenvalue weighted by atomic mass is 16.6. The number of para-hydroxylation sites is 1. The van der Waals surface area contributed by atoms with Gasteiger partial charge in [0.25, 0.3) is 5.56 Å². The molecule has 31 heavy (non-hydrogen) atoms. The highest BCUT2D eigenvalue weighted by Crippen LogP contribution is 2.32. The third kappa shape index (κ3) is 4.66. The van der Waals surface area contributed by atoms with Crippen molar-refractivity contribution in [2.24, 2.45) is 7.05 Å². The molecule has 0 spiro atoms. The summed E-state index contributed by atoms with van der Waals surface area (Å²) in [4.78, 5) is 24.5. The minimum Gasteiger partial charge on any atom is -0.493 e. The van der Waals surface area contributed by atoms with Crippen LogP contribution in [0.4, 0.5) is 0 Å². The number of rotatable bonds is 7. The molecular formula is C24H26N2O5. The van der Waals surface area contributed by atoms with Crippen LogP contribution >= 0.6 is 0 Å². The van der Waals surface area contributed by atoms with Crippen LogP contribution < -0.4 is 25.1 Å². The third-order valence-corrected chi connectivity index (χ3v) is 5.37. The molecule has 1 atom stereocenters. The molecule has 0 saturated heterocycles. The first-order valence-electron chi connectivity index (χ1n) is 10.4. The van der Waals surface area contributed by atoms with Gasteiger partial charge in [0.2, 0.25) is 5.91 Å². The molecule has 0 bridgehead atoms. The smallest absolute Gasteiger partial charge is 0.254 e. The molecule has 1 aliphatic heterocycles. The summed E-state index contributed by atoms with van der Waals surface area (Å²) in [6.45, 7) is 3.36. The van der Waals surface area contributed by atoms with Crippen LogP contribution in [-0.2, 0) is 11.8 Å². The van der Waals surface area contributed by atoms with E-state index < -0.39 is 0 Å². The Balaban J connectivity index is 1.30. The molecule has 2 aromatic carbocycles. The van der Waals surface area contributed by atoms with Crippen LogP contribution in [0.2, 0.25) is 0 Å². The minimum absolute atomic E-state index is 0.0557. The van der Waals surface area contributed by atoms with Crippen molar-refractivity contribution in [2.75, 3.05) is 19.8 Å². The molecule has 0 aliphatic carbocycles. The van der Waals surface area contributed by atoms with Crippen molar-refractivity contribution in [3.63, 3.8) is 0 Å². The number of pyridine rings is 1. The molecule has 7 nitrogen and oxygen atoms in total. The van der Waals surface area contributed by atoms with Crippen molar-refractivity contribution in [2.45, 2.75) is 25.8 Å². The topological polar surface area (TPSA) is 78.8 Å². The van der Waals surface area contributed by atoms with E-state index in [2.05, 4.69) is 5.32 Å². The summed E-state index contributed by atoms with van der Waals surface area (Å²) in [6.07, 6.45) is 0.876.